The topological polar surface area (TPSA) is 65.5 Å². The number of guanidine groups is 1. The Labute approximate surface area is 161 Å². The molecule has 3 N–H and O–H groups in total. The zero-order chi connectivity index (χ0) is 18.9. The van der Waals surface area contributed by atoms with Crippen LogP contribution in [0.1, 0.15) is 15.9 Å². The molecule has 0 saturated carbocycles. The van der Waals surface area contributed by atoms with Gasteiger partial charge in [-0.25, -0.2) is 4.39 Å². The summed E-state index contributed by atoms with van der Waals surface area (Å²) in [5.74, 6) is 0.0309. The molecule has 5 nitrogen and oxygen atoms in total. The Morgan fingerprint density at radius 2 is 1.81 bits per heavy atom. The van der Waals surface area contributed by atoms with E-state index in [4.69, 9.17) is 23.2 Å². The summed E-state index contributed by atoms with van der Waals surface area (Å²) in [4.78, 5) is 16.1. The summed E-state index contributed by atoms with van der Waals surface area (Å²) in [5.41, 5.74) is 1.24. The molecular formula is C18H19Cl2FN4O. The van der Waals surface area contributed by atoms with Gasteiger partial charge in [0.05, 0.1) is 10.0 Å². The number of aliphatic imine (C=N–C) groups is 1. The van der Waals surface area contributed by atoms with Gasteiger partial charge in [-0.1, -0.05) is 35.3 Å². The van der Waals surface area contributed by atoms with Crippen LogP contribution in [0.4, 0.5) is 4.39 Å². The van der Waals surface area contributed by atoms with Crippen LogP contribution in [0.15, 0.2) is 47.5 Å². The van der Waals surface area contributed by atoms with Gasteiger partial charge in [0.2, 0.25) is 0 Å². The molecule has 0 heterocycles. The second kappa shape index (κ2) is 9.99. The lowest BCUT2D eigenvalue weighted by atomic mass is 10.2. The quantitative estimate of drug-likeness (QED) is 0.399. The fraction of sp³-hybridized carbons (Fsp3) is 0.222. The summed E-state index contributed by atoms with van der Waals surface area (Å²) >= 11 is 11.7. The maximum absolute atomic E-state index is 13.2. The number of halogens is 3. The first-order valence-electron chi connectivity index (χ1n) is 7.92. The molecule has 2 aromatic carbocycles. The summed E-state index contributed by atoms with van der Waals surface area (Å²) in [5, 5.41) is 9.64. The van der Waals surface area contributed by atoms with Crippen molar-refractivity contribution >= 4 is 35.1 Å². The molecular weight excluding hydrogens is 378 g/mol. The second-order valence-corrected chi connectivity index (χ2v) is 6.18. The predicted molar refractivity (Wildman–Crippen MR) is 103 cm³/mol. The van der Waals surface area contributed by atoms with Crippen LogP contribution in [0, 0.1) is 5.82 Å². The molecule has 2 rings (SSSR count). The van der Waals surface area contributed by atoms with E-state index in [2.05, 4.69) is 20.9 Å². The van der Waals surface area contributed by atoms with Gasteiger partial charge in [0.15, 0.2) is 5.96 Å². The molecule has 0 aliphatic rings. The van der Waals surface area contributed by atoms with Gasteiger partial charge in [0.1, 0.15) is 5.82 Å². The van der Waals surface area contributed by atoms with Crippen molar-refractivity contribution in [3.63, 3.8) is 0 Å². The van der Waals surface area contributed by atoms with E-state index in [9.17, 15) is 9.18 Å². The van der Waals surface area contributed by atoms with Crippen LogP contribution in [0.3, 0.4) is 0 Å². The Kier molecular flexibility index (Phi) is 7.69. The van der Waals surface area contributed by atoms with E-state index in [1.54, 1.807) is 25.2 Å². The monoisotopic (exact) mass is 396 g/mol. The minimum Gasteiger partial charge on any atom is -0.355 e. The van der Waals surface area contributed by atoms with Crippen molar-refractivity contribution in [3.8, 4) is 0 Å². The Balaban J connectivity index is 1.73. The largest absolute Gasteiger partial charge is 0.355 e. The van der Waals surface area contributed by atoms with Crippen molar-refractivity contribution in [1.29, 1.82) is 0 Å². The molecule has 0 unspecified atom stereocenters. The average Bonchev–Trinajstić information content (AvgIpc) is 2.63. The van der Waals surface area contributed by atoms with Crippen LogP contribution in [-0.2, 0) is 6.54 Å². The molecule has 0 bridgehead atoms. The van der Waals surface area contributed by atoms with Crippen molar-refractivity contribution in [1.82, 2.24) is 16.0 Å². The number of amides is 1. The van der Waals surface area contributed by atoms with E-state index < -0.39 is 0 Å². The molecule has 0 aromatic heterocycles. The molecule has 0 fully saturated rings. The number of hydrogen-bond donors (Lipinski definition) is 3. The van der Waals surface area contributed by atoms with Crippen molar-refractivity contribution < 1.29 is 9.18 Å². The smallest absolute Gasteiger partial charge is 0.251 e. The number of hydrogen-bond acceptors (Lipinski definition) is 2. The fourth-order valence-electron chi connectivity index (χ4n) is 2.15. The minimum atomic E-state index is -0.280. The third-order valence-corrected chi connectivity index (χ3v) is 4.20. The standard InChI is InChI=1S/C18H19Cl2FN4O/c1-22-18(25-11-12-3-2-4-14(21)9-12)24-8-7-23-17(26)13-5-6-15(19)16(20)10-13/h2-6,9-10H,7-8,11H2,1H3,(H,23,26)(H2,22,24,25). The highest BCUT2D eigenvalue weighted by Gasteiger charge is 2.07. The van der Waals surface area contributed by atoms with Gasteiger partial charge in [-0.3, -0.25) is 9.79 Å². The number of nitrogens with one attached hydrogen (secondary N) is 3. The highest BCUT2D eigenvalue weighted by Crippen LogP contribution is 2.22. The first kappa shape index (κ1) is 20.0. The molecule has 0 atom stereocenters. The van der Waals surface area contributed by atoms with E-state index in [1.807, 2.05) is 6.07 Å². The molecule has 0 spiro atoms. The zero-order valence-electron chi connectivity index (χ0n) is 14.2. The van der Waals surface area contributed by atoms with Crippen molar-refractivity contribution in [2.24, 2.45) is 4.99 Å². The van der Waals surface area contributed by atoms with Crippen LogP contribution in [0.5, 0.6) is 0 Å². The fourth-order valence-corrected chi connectivity index (χ4v) is 2.45. The first-order valence-corrected chi connectivity index (χ1v) is 8.67. The average molecular weight is 397 g/mol. The Hall–Kier alpha value is -2.31. The van der Waals surface area contributed by atoms with Crippen LogP contribution in [0.2, 0.25) is 10.0 Å². The number of benzene rings is 2. The van der Waals surface area contributed by atoms with Gasteiger partial charge in [0, 0.05) is 32.2 Å². The van der Waals surface area contributed by atoms with Crippen LogP contribution < -0.4 is 16.0 Å². The highest BCUT2D eigenvalue weighted by atomic mass is 35.5. The summed E-state index contributed by atoms with van der Waals surface area (Å²) in [6.45, 7) is 1.29. The molecule has 2 aromatic rings. The van der Waals surface area contributed by atoms with Gasteiger partial charge in [-0.15, -0.1) is 0 Å². The molecule has 1 amide bonds. The van der Waals surface area contributed by atoms with E-state index in [0.717, 1.165) is 5.56 Å². The molecule has 138 valence electrons. The molecule has 0 aliphatic heterocycles. The maximum atomic E-state index is 13.2. The SMILES string of the molecule is CN=C(NCCNC(=O)c1ccc(Cl)c(Cl)c1)NCc1cccc(F)c1. The lowest BCUT2D eigenvalue weighted by Crippen LogP contribution is -2.41. The molecule has 0 radical (unpaired) electrons. The summed E-state index contributed by atoms with van der Waals surface area (Å²) in [6.07, 6.45) is 0. The Morgan fingerprint density at radius 3 is 2.50 bits per heavy atom. The van der Waals surface area contributed by atoms with E-state index in [-0.39, 0.29) is 11.7 Å². The van der Waals surface area contributed by atoms with Gasteiger partial charge in [-0.05, 0) is 35.9 Å². The molecule has 26 heavy (non-hydrogen) atoms. The number of carbonyl (C=O) groups excluding carboxylic acids is 1. The van der Waals surface area contributed by atoms with Crippen molar-refractivity contribution in [3.05, 3.63) is 69.5 Å². The third kappa shape index (κ3) is 6.20. The predicted octanol–water partition coefficient (Wildman–Crippen LogP) is 3.23. The molecule has 0 aliphatic carbocycles. The lowest BCUT2D eigenvalue weighted by Gasteiger charge is -2.12. The minimum absolute atomic E-state index is 0.243. The lowest BCUT2D eigenvalue weighted by molar-refractivity contribution is 0.0954. The maximum Gasteiger partial charge on any atom is 0.251 e. The van der Waals surface area contributed by atoms with Crippen LogP contribution in [0.25, 0.3) is 0 Å². The highest BCUT2D eigenvalue weighted by molar-refractivity contribution is 6.42. The van der Waals surface area contributed by atoms with E-state index in [1.165, 1.54) is 18.2 Å². The van der Waals surface area contributed by atoms with Gasteiger partial charge in [0.25, 0.3) is 5.91 Å². The van der Waals surface area contributed by atoms with E-state index >= 15 is 0 Å². The van der Waals surface area contributed by atoms with E-state index in [0.29, 0.717) is 41.2 Å². The Bertz CT molecular complexity index is 799. The van der Waals surface area contributed by atoms with Crippen molar-refractivity contribution in [2.45, 2.75) is 6.54 Å². The second-order valence-electron chi connectivity index (χ2n) is 5.37. The third-order valence-electron chi connectivity index (χ3n) is 3.46. The normalized spacial score (nSPS) is 11.2. The zero-order valence-corrected chi connectivity index (χ0v) is 15.7. The summed E-state index contributed by atoms with van der Waals surface area (Å²) in [7, 11) is 1.63. The van der Waals surface area contributed by atoms with Crippen LogP contribution in [-0.4, -0.2) is 32.0 Å². The number of rotatable bonds is 6. The van der Waals surface area contributed by atoms with Crippen LogP contribution >= 0.6 is 23.2 Å². The molecule has 8 heteroatoms. The van der Waals surface area contributed by atoms with Crippen molar-refractivity contribution in [2.75, 3.05) is 20.1 Å². The summed E-state index contributed by atoms with van der Waals surface area (Å²) < 4.78 is 13.2. The van der Waals surface area contributed by atoms with Gasteiger partial charge < -0.3 is 16.0 Å². The summed E-state index contributed by atoms with van der Waals surface area (Å²) in [6, 6.07) is 11.0. The Morgan fingerprint density at radius 1 is 1.04 bits per heavy atom. The molecule has 0 saturated heterocycles. The number of carbonyl (C=O) groups is 1. The van der Waals surface area contributed by atoms with Gasteiger partial charge in [-0.2, -0.15) is 0 Å². The van der Waals surface area contributed by atoms with Gasteiger partial charge >= 0.3 is 0 Å². The number of nitrogens with zero attached hydrogens (tertiary/aromatic N) is 1. The first-order chi connectivity index (χ1) is 12.5.